The van der Waals surface area contributed by atoms with Crippen molar-refractivity contribution < 1.29 is 4.79 Å². The summed E-state index contributed by atoms with van der Waals surface area (Å²) in [6, 6.07) is 5.93. The van der Waals surface area contributed by atoms with Crippen LogP contribution in [0.4, 0.5) is 0 Å². The van der Waals surface area contributed by atoms with Crippen LogP contribution in [0.3, 0.4) is 0 Å². The number of hydrogen-bond acceptors (Lipinski definition) is 7. The van der Waals surface area contributed by atoms with E-state index in [-0.39, 0.29) is 5.78 Å². The van der Waals surface area contributed by atoms with Gasteiger partial charge in [0.15, 0.2) is 5.78 Å². The molecule has 1 saturated heterocycles. The van der Waals surface area contributed by atoms with Gasteiger partial charge in [0, 0.05) is 49.7 Å². The van der Waals surface area contributed by atoms with Crippen molar-refractivity contribution in [1.82, 2.24) is 24.8 Å². The molecular formula is C19H21N5OS. The molecule has 4 heterocycles. The number of carbonyl (C=O) groups is 1. The Labute approximate surface area is 156 Å². The monoisotopic (exact) mass is 367 g/mol. The van der Waals surface area contributed by atoms with Gasteiger partial charge in [0.1, 0.15) is 0 Å². The van der Waals surface area contributed by atoms with E-state index in [9.17, 15) is 4.79 Å². The van der Waals surface area contributed by atoms with Crippen LogP contribution in [0.2, 0.25) is 0 Å². The first-order chi connectivity index (χ1) is 12.7. The Morgan fingerprint density at radius 1 is 1.19 bits per heavy atom. The predicted molar refractivity (Wildman–Crippen MR) is 103 cm³/mol. The van der Waals surface area contributed by atoms with Gasteiger partial charge in [-0.05, 0) is 25.2 Å². The summed E-state index contributed by atoms with van der Waals surface area (Å²) in [5, 5.41) is 0.980. The highest BCUT2D eigenvalue weighted by Crippen LogP contribution is 2.23. The first kappa shape index (κ1) is 17.2. The lowest BCUT2D eigenvalue weighted by atomic mass is 10.1. The second kappa shape index (κ2) is 7.57. The zero-order chi connectivity index (χ0) is 17.9. The Kier molecular flexibility index (Phi) is 5.01. The first-order valence-corrected chi connectivity index (χ1v) is 9.62. The number of fused-ring (bicyclic) bond motifs is 1. The Morgan fingerprint density at radius 3 is 2.81 bits per heavy atom. The van der Waals surface area contributed by atoms with E-state index in [0.717, 1.165) is 53.3 Å². The number of Topliss-reactive ketones (excluding diaryl/α,β-unsaturated/α-hetero) is 1. The highest BCUT2D eigenvalue weighted by atomic mass is 32.1. The molecule has 0 amide bonds. The van der Waals surface area contributed by atoms with E-state index in [1.54, 1.807) is 23.0 Å². The minimum Gasteiger partial charge on any atom is -0.304 e. The van der Waals surface area contributed by atoms with Gasteiger partial charge < -0.3 is 4.90 Å². The largest absolute Gasteiger partial charge is 0.304 e. The maximum atomic E-state index is 12.4. The summed E-state index contributed by atoms with van der Waals surface area (Å²) in [5.74, 6) is 0.208. The van der Waals surface area contributed by atoms with Gasteiger partial charge in [0.05, 0.1) is 34.6 Å². The van der Waals surface area contributed by atoms with Gasteiger partial charge in [-0.25, -0.2) is 4.98 Å². The summed E-state index contributed by atoms with van der Waals surface area (Å²) < 4.78 is 0. The third-order valence-electron chi connectivity index (χ3n) is 4.69. The van der Waals surface area contributed by atoms with Gasteiger partial charge in [-0.2, -0.15) is 0 Å². The molecule has 1 fully saturated rings. The topological polar surface area (TPSA) is 62.2 Å². The van der Waals surface area contributed by atoms with Crippen molar-refractivity contribution in [3.8, 4) is 10.6 Å². The van der Waals surface area contributed by atoms with Crippen LogP contribution >= 0.6 is 11.3 Å². The van der Waals surface area contributed by atoms with Gasteiger partial charge >= 0.3 is 0 Å². The number of nitrogens with zero attached hydrogens (tertiary/aromatic N) is 5. The number of ketones is 1. The molecule has 134 valence electrons. The number of hydrogen-bond donors (Lipinski definition) is 0. The second-order valence-electron chi connectivity index (χ2n) is 6.73. The van der Waals surface area contributed by atoms with Crippen LogP contribution in [0, 0.1) is 0 Å². The molecule has 0 spiro atoms. The van der Waals surface area contributed by atoms with E-state index in [2.05, 4.69) is 26.8 Å². The van der Waals surface area contributed by atoms with Gasteiger partial charge in [0.25, 0.3) is 0 Å². The normalized spacial score (nSPS) is 16.2. The Balaban J connectivity index is 1.47. The lowest BCUT2D eigenvalue weighted by Crippen LogP contribution is -2.46. The summed E-state index contributed by atoms with van der Waals surface area (Å²) in [6.45, 7) is 4.44. The van der Waals surface area contributed by atoms with Gasteiger partial charge in [-0.3, -0.25) is 19.7 Å². The molecule has 1 aliphatic heterocycles. The van der Waals surface area contributed by atoms with Crippen LogP contribution in [0.5, 0.6) is 0 Å². The Bertz CT molecular complexity index is 903. The zero-order valence-corrected chi connectivity index (χ0v) is 15.6. The van der Waals surface area contributed by atoms with E-state index in [1.807, 2.05) is 24.4 Å². The number of aromatic nitrogens is 3. The van der Waals surface area contributed by atoms with Crippen molar-refractivity contribution in [3.05, 3.63) is 41.8 Å². The molecule has 1 aliphatic rings. The van der Waals surface area contributed by atoms with Gasteiger partial charge in [-0.1, -0.05) is 0 Å². The third-order valence-corrected chi connectivity index (χ3v) is 5.48. The number of carbonyl (C=O) groups excluding carboxylic acids is 1. The van der Waals surface area contributed by atoms with Crippen molar-refractivity contribution in [2.45, 2.75) is 6.42 Å². The summed E-state index contributed by atoms with van der Waals surface area (Å²) in [7, 11) is 2.12. The van der Waals surface area contributed by atoms with E-state index in [0.29, 0.717) is 13.0 Å². The van der Waals surface area contributed by atoms with E-state index in [1.165, 1.54) is 0 Å². The fourth-order valence-corrected chi connectivity index (χ4v) is 3.74. The number of thiazole rings is 1. The highest BCUT2D eigenvalue weighted by Gasteiger charge is 2.17. The second-order valence-corrected chi connectivity index (χ2v) is 7.61. The average molecular weight is 367 g/mol. The van der Waals surface area contributed by atoms with Crippen molar-refractivity contribution in [2.75, 3.05) is 39.8 Å². The smallest absolute Gasteiger partial charge is 0.152 e. The molecule has 3 aromatic heterocycles. The molecule has 3 aromatic rings. The summed E-state index contributed by atoms with van der Waals surface area (Å²) in [4.78, 5) is 31.3. The number of rotatable bonds is 5. The molecule has 0 atom stereocenters. The molecule has 0 aromatic carbocycles. The summed E-state index contributed by atoms with van der Waals surface area (Å²) in [6.07, 6.45) is 3.98. The molecule has 0 aliphatic carbocycles. The first-order valence-electron chi connectivity index (χ1n) is 8.74. The fraction of sp³-hybridized carbons (Fsp3) is 0.368. The third kappa shape index (κ3) is 3.95. The quantitative estimate of drug-likeness (QED) is 0.688. The van der Waals surface area contributed by atoms with Crippen LogP contribution in [-0.4, -0.2) is 70.3 Å². The molecule has 0 N–H and O–H groups in total. The number of pyridine rings is 2. The van der Waals surface area contributed by atoms with Crippen LogP contribution in [-0.2, 0) is 11.2 Å². The number of piperazine rings is 1. The minimum atomic E-state index is 0.208. The Morgan fingerprint density at radius 2 is 2.04 bits per heavy atom. The molecule has 0 bridgehead atoms. The highest BCUT2D eigenvalue weighted by molar-refractivity contribution is 7.13. The van der Waals surface area contributed by atoms with Gasteiger partial charge in [0.2, 0.25) is 0 Å². The van der Waals surface area contributed by atoms with E-state index in [4.69, 9.17) is 4.98 Å². The predicted octanol–water partition coefficient (Wildman–Crippen LogP) is 2.11. The van der Waals surface area contributed by atoms with Crippen molar-refractivity contribution in [2.24, 2.45) is 0 Å². The molecule has 6 nitrogen and oxygen atoms in total. The van der Waals surface area contributed by atoms with E-state index < -0.39 is 0 Å². The molecular weight excluding hydrogens is 346 g/mol. The SMILES string of the molecule is CN1CCN(CC(=O)Cc2cc3nc(-c4cncs4)ccc3cn2)CC1. The Hall–Kier alpha value is -2.22. The molecule has 7 heteroatoms. The van der Waals surface area contributed by atoms with Crippen molar-refractivity contribution >= 4 is 28.0 Å². The molecule has 4 rings (SSSR count). The molecule has 0 unspecified atom stereocenters. The zero-order valence-electron chi connectivity index (χ0n) is 14.8. The maximum absolute atomic E-state index is 12.4. The van der Waals surface area contributed by atoms with Crippen LogP contribution in [0.25, 0.3) is 21.5 Å². The molecule has 0 radical (unpaired) electrons. The van der Waals surface area contributed by atoms with Crippen LogP contribution < -0.4 is 0 Å². The lowest BCUT2D eigenvalue weighted by Gasteiger charge is -2.31. The summed E-state index contributed by atoms with van der Waals surface area (Å²) in [5.41, 5.74) is 4.36. The maximum Gasteiger partial charge on any atom is 0.152 e. The standard InChI is InChI=1S/C19H21N5OS/c1-23-4-6-24(7-5-23)12-16(25)8-15-9-18-14(10-21-15)2-3-17(22-18)19-11-20-13-26-19/h2-3,9-11,13H,4-8,12H2,1H3. The summed E-state index contributed by atoms with van der Waals surface area (Å²) >= 11 is 1.57. The fourth-order valence-electron chi connectivity index (χ4n) is 3.15. The van der Waals surface area contributed by atoms with Crippen LogP contribution in [0.15, 0.2) is 36.1 Å². The van der Waals surface area contributed by atoms with Crippen molar-refractivity contribution in [1.29, 1.82) is 0 Å². The lowest BCUT2D eigenvalue weighted by molar-refractivity contribution is -0.120. The van der Waals surface area contributed by atoms with E-state index >= 15 is 0 Å². The molecule has 26 heavy (non-hydrogen) atoms. The minimum absolute atomic E-state index is 0.208. The van der Waals surface area contributed by atoms with Crippen LogP contribution in [0.1, 0.15) is 5.69 Å². The number of likely N-dealkylation sites (N-methyl/N-ethyl adjacent to an activating group) is 1. The van der Waals surface area contributed by atoms with Gasteiger partial charge in [-0.15, -0.1) is 11.3 Å². The molecule has 0 saturated carbocycles. The van der Waals surface area contributed by atoms with Crippen molar-refractivity contribution in [3.63, 3.8) is 0 Å². The average Bonchev–Trinajstić information content (AvgIpc) is 3.18.